The summed E-state index contributed by atoms with van der Waals surface area (Å²) < 4.78 is 16.1. The molecular formula is C34H58BGaN8O12. The molecule has 22 heteroatoms. The van der Waals surface area contributed by atoms with Crippen LogP contribution in [-0.4, -0.2) is 210 Å². The molecule has 0 spiro atoms. The predicted molar refractivity (Wildman–Crippen MR) is 201 cm³/mol. The Kier molecular flexibility index (Phi) is 18.4. The normalized spacial score (nSPS) is 25.0. The molecule has 4 aliphatic rings. The first kappa shape index (κ1) is 45.5. The third-order valence-corrected chi connectivity index (χ3v) is 13.2. The summed E-state index contributed by atoms with van der Waals surface area (Å²) in [5.74, 6) is -4.19. The van der Waals surface area contributed by atoms with Gasteiger partial charge in [-0.05, 0) is 32.1 Å². The van der Waals surface area contributed by atoms with E-state index in [9.17, 15) is 43.6 Å². The molecule has 0 saturated carbocycles. The largest absolute Gasteiger partial charge is 0.475 e. The zero-order valence-electron chi connectivity index (χ0n) is 32.8. The minimum absolute atomic E-state index is 0.00000413. The van der Waals surface area contributed by atoms with E-state index < -0.39 is 72.2 Å². The van der Waals surface area contributed by atoms with Crippen molar-refractivity contribution in [3.05, 3.63) is 0 Å². The number of carbonyl (C=O) groups is 7. The van der Waals surface area contributed by atoms with Gasteiger partial charge in [-0.15, -0.1) is 0 Å². The van der Waals surface area contributed by atoms with Crippen LogP contribution in [0.1, 0.15) is 59.3 Å². The van der Waals surface area contributed by atoms with E-state index in [1.165, 1.54) is 11.8 Å². The van der Waals surface area contributed by atoms with E-state index in [0.717, 1.165) is 0 Å². The van der Waals surface area contributed by atoms with Crippen molar-refractivity contribution in [2.45, 2.75) is 77.3 Å². The summed E-state index contributed by atoms with van der Waals surface area (Å²) in [6.07, 6.45) is 3.10. The van der Waals surface area contributed by atoms with E-state index in [1.807, 2.05) is 19.6 Å². The zero-order chi connectivity index (χ0) is 40.8. The van der Waals surface area contributed by atoms with Crippen LogP contribution in [0.2, 0.25) is 0 Å². The van der Waals surface area contributed by atoms with E-state index in [4.69, 9.17) is 10.6 Å². The first-order chi connectivity index (χ1) is 26.7. The van der Waals surface area contributed by atoms with Crippen LogP contribution >= 0.6 is 0 Å². The van der Waals surface area contributed by atoms with Gasteiger partial charge >= 0.3 is 194 Å². The molecule has 4 bridgehead atoms. The molecule has 0 aromatic heterocycles. The van der Waals surface area contributed by atoms with Gasteiger partial charge in [0.2, 0.25) is 17.7 Å². The molecule has 4 saturated heterocycles. The SMILES string of the molecule is CC(C)[C@H](NC(=O)CCCCCNC(=O)CN1CCN2CCN3CCN(CC1)CC(=O)[O][Ga]([O]C(=O)C2)[O]C(=O)C3)C(=O)N[C@H](C)C(=O)N1CCC[C@H]1B(O)O. The van der Waals surface area contributed by atoms with Gasteiger partial charge in [0, 0.05) is 13.0 Å². The third-order valence-electron chi connectivity index (χ3n) is 10.4. The number of nitrogens with one attached hydrogen (secondary N) is 3. The van der Waals surface area contributed by atoms with Crippen molar-refractivity contribution in [1.29, 1.82) is 0 Å². The number of amides is 4. The molecule has 4 rings (SSSR count). The first-order valence-electron chi connectivity index (χ1n) is 19.7. The Morgan fingerprint density at radius 2 is 1.29 bits per heavy atom. The minimum Gasteiger partial charge on any atom is -0.426 e. The van der Waals surface area contributed by atoms with Gasteiger partial charge in [0.1, 0.15) is 12.1 Å². The van der Waals surface area contributed by atoms with Gasteiger partial charge in [0.15, 0.2) is 0 Å². The summed E-state index contributed by atoms with van der Waals surface area (Å²) >= 11 is -3.94. The van der Waals surface area contributed by atoms with E-state index in [-0.39, 0.29) is 50.3 Å². The maximum absolute atomic E-state index is 13.1. The Bertz CT molecular complexity index is 1360. The second-order valence-electron chi connectivity index (χ2n) is 15.2. The van der Waals surface area contributed by atoms with Crippen LogP contribution in [0.15, 0.2) is 0 Å². The van der Waals surface area contributed by atoms with E-state index in [0.29, 0.717) is 97.6 Å². The van der Waals surface area contributed by atoms with Gasteiger partial charge in [-0.25, -0.2) is 0 Å². The smallest absolute Gasteiger partial charge is 0.426 e. The molecule has 0 aromatic rings. The van der Waals surface area contributed by atoms with E-state index >= 15 is 0 Å². The Morgan fingerprint density at radius 3 is 1.80 bits per heavy atom. The van der Waals surface area contributed by atoms with Crippen molar-refractivity contribution in [3.8, 4) is 0 Å². The molecule has 0 aliphatic carbocycles. The van der Waals surface area contributed by atoms with E-state index in [2.05, 4.69) is 16.0 Å². The molecule has 4 aliphatic heterocycles. The van der Waals surface area contributed by atoms with Crippen LogP contribution in [0.3, 0.4) is 0 Å². The standard InChI is InChI=1S/C34H61BN8O12.Ga/c1-24(2)32(33(52)37-25(3)34(53)43-11-7-8-26(43)35(54)55)38-27(44)9-5-4-6-10-36-28(45)20-39-12-14-40(21-29(46)47)16-18-42(23-31(50)51)19-17-41(15-13-39)22-30(48)49;/h24-26,32,54-55H,4-23H2,1-3H3,(H,36,45)(H,37,52)(H,38,44)(H,46,47)(H,48,49)(H,50,51);/q;+3/p-3/t25-,26+,32+;/m1./s1. The minimum atomic E-state index is -3.94. The van der Waals surface area contributed by atoms with Crippen LogP contribution in [-0.2, 0) is 44.1 Å². The van der Waals surface area contributed by atoms with Crippen molar-refractivity contribution >= 4 is 66.0 Å². The van der Waals surface area contributed by atoms with Gasteiger partial charge in [0.25, 0.3) is 0 Å². The fourth-order valence-corrected chi connectivity index (χ4v) is 9.23. The van der Waals surface area contributed by atoms with E-state index in [1.54, 1.807) is 13.8 Å². The summed E-state index contributed by atoms with van der Waals surface area (Å²) in [5, 5.41) is 27.6. The number of unbranched alkanes of at least 4 members (excludes halogenated alkanes) is 2. The molecule has 20 nitrogen and oxygen atoms in total. The van der Waals surface area contributed by atoms with Gasteiger partial charge in [-0.2, -0.15) is 0 Å². The van der Waals surface area contributed by atoms with Crippen molar-refractivity contribution in [2.75, 3.05) is 91.6 Å². The van der Waals surface area contributed by atoms with Crippen LogP contribution in [0, 0.1) is 5.92 Å². The predicted octanol–water partition coefficient (Wildman–Crippen LogP) is -3.83. The second kappa shape index (κ2) is 22.6. The van der Waals surface area contributed by atoms with Crippen LogP contribution in [0.25, 0.3) is 0 Å². The number of hydrogen-bond acceptors (Lipinski definition) is 16. The molecule has 4 fully saturated rings. The van der Waals surface area contributed by atoms with Crippen LogP contribution in [0.5, 0.6) is 0 Å². The zero-order valence-corrected chi connectivity index (χ0v) is 35.2. The summed E-state index contributed by atoms with van der Waals surface area (Å²) in [5.41, 5.74) is 0. The number of nitrogens with zero attached hydrogens (tertiary/aromatic N) is 5. The van der Waals surface area contributed by atoms with Crippen molar-refractivity contribution in [1.82, 2.24) is 40.4 Å². The van der Waals surface area contributed by atoms with Gasteiger partial charge in [0.05, 0.1) is 5.94 Å². The Balaban J connectivity index is 1.20. The van der Waals surface area contributed by atoms with Gasteiger partial charge in [-0.1, -0.05) is 20.3 Å². The van der Waals surface area contributed by atoms with Crippen LogP contribution in [0.4, 0.5) is 0 Å². The maximum Gasteiger partial charge on any atom is 0.475 e. The fourth-order valence-electron chi connectivity index (χ4n) is 7.11. The van der Waals surface area contributed by atoms with Gasteiger partial charge < -0.3 is 25.6 Å². The molecule has 5 N–H and O–H groups in total. The quantitative estimate of drug-likeness (QED) is 0.0832. The molecule has 4 amide bonds. The number of hydrogen-bond donors (Lipinski definition) is 5. The Labute approximate surface area is 334 Å². The fraction of sp³-hybridized carbons (Fsp3) is 0.794. The Morgan fingerprint density at radius 1 is 0.750 bits per heavy atom. The molecule has 56 heavy (non-hydrogen) atoms. The average molecular weight is 851 g/mol. The molecule has 2 unspecified atom stereocenters. The topological polar surface area (TPSA) is 240 Å². The molecule has 0 radical (unpaired) electrons. The van der Waals surface area contributed by atoms with Gasteiger partial charge in [-0.3, -0.25) is 14.4 Å². The third kappa shape index (κ3) is 14.9. The van der Waals surface area contributed by atoms with Crippen molar-refractivity contribution < 1.29 is 54.2 Å². The number of fused-ring (bicyclic) bond motifs is 7. The van der Waals surface area contributed by atoms with Crippen molar-refractivity contribution in [3.63, 3.8) is 0 Å². The van der Waals surface area contributed by atoms with Crippen LogP contribution < -0.4 is 16.0 Å². The second-order valence-corrected chi connectivity index (χ2v) is 17.9. The molecule has 0 aromatic carbocycles. The molecule has 5 atom stereocenters. The summed E-state index contributed by atoms with van der Waals surface area (Å²) in [6.45, 7) is 9.72. The molecular weight excluding hydrogens is 793 g/mol. The van der Waals surface area contributed by atoms with Crippen molar-refractivity contribution in [2.24, 2.45) is 5.92 Å². The average Bonchev–Trinajstić information content (AvgIpc) is 3.61. The summed E-state index contributed by atoms with van der Waals surface area (Å²) in [6, 6.07) is -1.77. The Hall–Kier alpha value is -3.25. The number of likely N-dealkylation sites (tertiary alicyclic amines) is 1. The first-order valence-corrected chi connectivity index (χ1v) is 22.7. The monoisotopic (exact) mass is 850 g/mol. The number of rotatable bonds is 14. The molecule has 312 valence electrons. The summed E-state index contributed by atoms with van der Waals surface area (Å²) in [4.78, 5) is 99.0. The molecule has 4 heterocycles. The number of carbonyl (C=O) groups excluding carboxylic acids is 7. The summed E-state index contributed by atoms with van der Waals surface area (Å²) in [7, 11) is -1.66. The maximum atomic E-state index is 13.1.